The number of hydrogen-bond donors (Lipinski definition) is 1. The minimum atomic E-state index is -3.09. The molecule has 1 atom stereocenters. The number of imidazole rings is 1. The molecule has 1 fully saturated rings. The summed E-state index contributed by atoms with van der Waals surface area (Å²) in [4.78, 5) is 28.9. The van der Waals surface area contributed by atoms with E-state index in [1.807, 2.05) is 17.6 Å². The summed E-state index contributed by atoms with van der Waals surface area (Å²) in [5, 5.41) is 3.52. The Hall–Kier alpha value is -2.07. The Labute approximate surface area is 174 Å². The van der Waals surface area contributed by atoms with Crippen molar-refractivity contribution >= 4 is 44.5 Å². The summed E-state index contributed by atoms with van der Waals surface area (Å²) in [7, 11) is -3.09. The summed E-state index contributed by atoms with van der Waals surface area (Å²) >= 11 is 1.29. The van der Waals surface area contributed by atoms with Crippen molar-refractivity contribution < 1.29 is 22.7 Å². The maximum Gasteiger partial charge on any atom is 0.338 e. The number of nitrogens with zero attached hydrogens (tertiary/aromatic N) is 2. The average molecular weight is 440 g/mol. The van der Waals surface area contributed by atoms with Crippen molar-refractivity contribution in [2.45, 2.75) is 44.4 Å². The van der Waals surface area contributed by atoms with Crippen molar-refractivity contribution in [3.05, 3.63) is 23.8 Å². The van der Waals surface area contributed by atoms with E-state index in [1.165, 1.54) is 11.8 Å². The summed E-state index contributed by atoms with van der Waals surface area (Å²) in [6.45, 7) is 6.46. The average Bonchev–Trinajstić information content (AvgIpc) is 3.14. The fourth-order valence-electron chi connectivity index (χ4n) is 3.48. The zero-order chi connectivity index (χ0) is 21.2. The second-order valence-corrected chi connectivity index (χ2v) is 10.4. The zero-order valence-electron chi connectivity index (χ0n) is 16.7. The van der Waals surface area contributed by atoms with Gasteiger partial charge in [-0.25, -0.2) is 18.2 Å². The number of thioether (sulfide) groups is 1. The molecule has 2 heterocycles. The third-order valence-corrected chi connectivity index (χ3v) is 7.70. The van der Waals surface area contributed by atoms with E-state index in [1.54, 1.807) is 26.0 Å². The molecule has 2 aromatic rings. The smallest absolute Gasteiger partial charge is 0.338 e. The molecule has 0 unspecified atom stereocenters. The van der Waals surface area contributed by atoms with E-state index in [0.717, 1.165) is 5.52 Å². The van der Waals surface area contributed by atoms with Gasteiger partial charge >= 0.3 is 5.97 Å². The van der Waals surface area contributed by atoms with Gasteiger partial charge < -0.3 is 14.6 Å². The molecule has 29 heavy (non-hydrogen) atoms. The van der Waals surface area contributed by atoms with Crippen LogP contribution in [0, 0.1) is 0 Å². The molecular formula is C19H25N3O5S2. The molecule has 0 saturated carbocycles. The number of carbonyl (C=O) groups excluding carboxylic acids is 2. The Kier molecular flexibility index (Phi) is 6.23. The van der Waals surface area contributed by atoms with Crippen LogP contribution in [0.5, 0.6) is 0 Å². The predicted molar refractivity (Wildman–Crippen MR) is 112 cm³/mol. The first-order valence-corrected chi connectivity index (χ1v) is 12.3. The lowest BCUT2D eigenvalue weighted by molar-refractivity contribution is -0.120. The van der Waals surface area contributed by atoms with E-state index in [0.29, 0.717) is 35.8 Å². The number of hydrogen-bond acceptors (Lipinski definition) is 7. The molecule has 0 aliphatic carbocycles. The van der Waals surface area contributed by atoms with Crippen LogP contribution in [0.1, 0.15) is 37.6 Å². The number of ether oxygens (including phenoxy) is 1. The molecular weight excluding hydrogens is 414 g/mol. The molecule has 0 radical (unpaired) electrons. The number of esters is 1. The molecule has 1 amide bonds. The van der Waals surface area contributed by atoms with Gasteiger partial charge in [0, 0.05) is 6.54 Å². The number of fused-ring (bicyclic) bond motifs is 1. The summed E-state index contributed by atoms with van der Waals surface area (Å²) in [6.07, 6.45) is 0.426. The van der Waals surface area contributed by atoms with Crippen LogP contribution in [-0.4, -0.2) is 59.2 Å². The second-order valence-electron chi connectivity index (χ2n) is 7.30. The Balaban J connectivity index is 1.72. The standard InChI is InChI=1S/C19H25N3O5S2/c1-4-22-15-7-6-13(17(24)27-5-2)10-14(15)20-18(22)28-11-16(23)21-19(3)8-9-29(25,26)12-19/h6-7,10H,4-5,8-9,11-12H2,1-3H3,(H,21,23)/t19-/m1/s1. The second kappa shape index (κ2) is 8.35. The van der Waals surface area contributed by atoms with E-state index in [9.17, 15) is 18.0 Å². The van der Waals surface area contributed by atoms with Crippen LogP contribution < -0.4 is 5.32 Å². The van der Waals surface area contributed by atoms with Crippen LogP contribution >= 0.6 is 11.8 Å². The quantitative estimate of drug-likeness (QED) is 0.519. The summed E-state index contributed by atoms with van der Waals surface area (Å²) in [5.74, 6) is -0.416. The Morgan fingerprint density at radius 2 is 2.10 bits per heavy atom. The van der Waals surface area contributed by atoms with Crippen LogP contribution in [0.4, 0.5) is 0 Å². The highest BCUT2D eigenvalue weighted by molar-refractivity contribution is 7.99. The van der Waals surface area contributed by atoms with Crippen LogP contribution in [0.25, 0.3) is 11.0 Å². The molecule has 1 aliphatic heterocycles. The molecule has 0 bridgehead atoms. The summed E-state index contributed by atoms with van der Waals surface area (Å²) in [6, 6.07) is 5.22. The van der Waals surface area contributed by atoms with Crippen LogP contribution in [-0.2, 0) is 25.9 Å². The van der Waals surface area contributed by atoms with Gasteiger partial charge in [0.15, 0.2) is 15.0 Å². The number of sulfone groups is 1. The lowest BCUT2D eigenvalue weighted by Crippen LogP contribution is -2.47. The largest absolute Gasteiger partial charge is 0.462 e. The van der Waals surface area contributed by atoms with Gasteiger partial charge in [0.05, 0.1) is 46.0 Å². The summed E-state index contributed by atoms with van der Waals surface area (Å²) < 4.78 is 30.4. The van der Waals surface area contributed by atoms with Gasteiger partial charge in [-0.1, -0.05) is 11.8 Å². The number of rotatable bonds is 7. The minimum absolute atomic E-state index is 0.0273. The van der Waals surface area contributed by atoms with Gasteiger partial charge in [0.2, 0.25) is 5.91 Å². The van der Waals surface area contributed by atoms with Crippen LogP contribution in [0.2, 0.25) is 0 Å². The van der Waals surface area contributed by atoms with E-state index in [4.69, 9.17) is 4.74 Å². The fourth-order valence-corrected chi connectivity index (χ4v) is 6.45. The molecule has 10 heteroatoms. The predicted octanol–water partition coefficient (Wildman–Crippen LogP) is 2.02. The van der Waals surface area contributed by atoms with Crippen molar-refractivity contribution in [1.82, 2.24) is 14.9 Å². The van der Waals surface area contributed by atoms with Crippen molar-refractivity contribution in [2.75, 3.05) is 23.9 Å². The molecule has 1 aliphatic rings. The third-order valence-electron chi connectivity index (χ3n) is 4.82. The van der Waals surface area contributed by atoms with Gasteiger partial charge in [0.25, 0.3) is 0 Å². The van der Waals surface area contributed by atoms with E-state index in [-0.39, 0.29) is 23.2 Å². The van der Waals surface area contributed by atoms with E-state index >= 15 is 0 Å². The zero-order valence-corrected chi connectivity index (χ0v) is 18.4. The number of benzene rings is 1. The van der Waals surface area contributed by atoms with Crippen LogP contribution in [0.15, 0.2) is 23.4 Å². The molecule has 8 nitrogen and oxygen atoms in total. The number of amides is 1. The minimum Gasteiger partial charge on any atom is -0.462 e. The Morgan fingerprint density at radius 1 is 1.34 bits per heavy atom. The first kappa shape index (κ1) is 21.6. The number of nitrogens with one attached hydrogen (secondary N) is 1. The Morgan fingerprint density at radius 3 is 2.72 bits per heavy atom. The van der Waals surface area contributed by atoms with Crippen molar-refractivity contribution in [2.24, 2.45) is 0 Å². The van der Waals surface area contributed by atoms with E-state index < -0.39 is 21.3 Å². The highest BCUT2D eigenvalue weighted by Gasteiger charge is 2.39. The Bertz CT molecular complexity index is 1050. The molecule has 1 aromatic carbocycles. The van der Waals surface area contributed by atoms with Gasteiger partial charge in [-0.3, -0.25) is 4.79 Å². The van der Waals surface area contributed by atoms with Crippen molar-refractivity contribution in [3.8, 4) is 0 Å². The molecule has 1 saturated heterocycles. The first-order valence-electron chi connectivity index (χ1n) is 9.48. The monoisotopic (exact) mass is 439 g/mol. The third kappa shape index (κ3) is 4.92. The molecule has 3 rings (SSSR count). The van der Waals surface area contributed by atoms with Gasteiger partial charge in [-0.2, -0.15) is 0 Å². The highest BCUT2D eigenvalue weighted by atomic mass is 32.2. The van der Waals surface area contributed by atoms with Gasteiger partial charge in [-0.15, -0.1) is 0 Å². The van der Waals surface area contributed by atoms with Gasteiger partial charge in [0.1, 0.15) is 0 Å². The highest BCUT2D eigenvalue weighted by Crippen LogP contribution is 2.26. The summed E-state index contributed by atoms with van der Waals surface area (Å²) in [5.41, 5.74) is 1.26. The number of aryl methyl sites for hydroxylation is 1. The number of aromatic nitrogens is 2. The molecule has 0 spiro atoms. The SMILES string of the molecule is CCOC(=O)c1ccc2c(c1)nc(SCC(=O)N[C@]1(C)CCS(=O)(=O)C1)n2CC. The van der Waals surface area contributed by atoms with E-state index in [2.05, 4.69) is 10.3 Å². The normalized spacial score (nSPS) is 20.7. The fraction of sp³-hybridized carbons (Fsp3) is 0.526. The maximum absolute atomic E-state index is 12.4. The lowest BCUT2D eigenvalue weighted by atomic mass is 10.0. The van der Waals surface area contributed by atoms with Gasteiger partial charge in [-0.05, 0) is 45.4 Å². The molecule has 1 aromatic heterocycles. The first-order chi connectivity index (χ1) is 13.7. The molecule has 158 valence electrons. The van der Waals surface area contributed by atoms with Crippen molar-refractivity contribution in [3.63, 3.8) is 0 Å². The molecule has 1 N–H and O–H groups in total. The van der Waals surface area contributed by atoms with Crippen molar-refractivity contribution in [1.29, 1.82) is 0 Å². The van der Waals surface area contributed by atoms with Crippen LogP contribution in [0.3, 0.4) is 0 Å². The number of carbonyl (C=O) groups is 2. The maximum atomic E-state index is 12.4. The topological polar surface area (TPSA) is 107 Å². The lowest BCUT2D eigenvalue weighted by Gasteiger charge is -2.23.